The first-order chi connectivity index (χ1) is 8.28. The van der Waals surface area contributed by atoms with E-state index in [1.165, 1.54) is 0 Å². The smallest absolute Gasteiger partial charge is 0.132 e. The number of nitrogen functional groups attached to an aromatic ring is 1. The second-order valence-corrected chi connectivity index (χ2v) is 3.63. The molecule has 0 aliphatic heterocycles. The van der Waals surface area contributed by atoms with Crippen LogP contribution in [0.2, 0.25) is 0 Å². The van der Waals surface area contributed by atoms with Gasteiger partial charge in [-0.2, -0.15) is 5.26 Å². The number of nitrogens with two attached hydrogens (primary N) is 1. The van der Waals surface area contributed by atoms with Crippen LogP contribution in [0.15, 0.2) is 42.6 Å². The minimum absolute atomic E-state index is 0.427. The second-order valence-electron chi connectivity index (χ2n) is 3.63. The Balaban J connectivity index is 2.11. The lowest BCUT2D eigenvalue weighted by atomic mass is 10.1. The van der Waals surface area contributed by atoms with Crippen molar-refractivity contribution in [2.24, 2.45) is 0 Å². The summed E-state index contributed by atoms with van der Waals surface area (Å²) >= 11 is 0. The van der Waals surface area contributed by atoms with E-state index in [1.807, 2.05) is 24.3 Å². The van der Waals surface area contributed by atoms with Crippen LogP contribution in [0.3, 0.4) is 0 Å². The van der Waals surface area contributed by atoms with Crippen LogP contribution in [0.1, 0.15) is 5.56 Å². The lowest BCUT2D eigenvalue weighted by Gasteiger charge is -2.06. The summed E-state index contributed by atoms with van der Waals surface area (Å²) in [4.78, 5) is 4.15. The van der Waals surface area contributed by atoms with E-state index in [1.54, 1.807) is 18.3 Å². The first-order valence-electron chi connectivity index (χ1n) is 5.22. The highest BCUT2D eigenvalue weighted by atomic mass is 15.0. The van der Waals surface area contributed by atoms with Crippen molar-refractivity contribution in [2.45, 2.75) is 6.42 Å². The van der Waals surface area contributed by atoms with Gasteiger partial charge in [0.2, 0.25) is 0 Å². The van der Waals surface area contributed by atoms with Gasteiger partial charge in [0.15, 0.2) is 0 Å². The summed E-state index contributed by atoms with van der Waals surface area (Å²) in [7, 11) is 0. The third-order valence-electron chi connectivity index (χ3n) is 2.29. The lowest BCUT2D eigenvalue weighted by Crippen LogP contribution is -1.95. The molecular formula is C13H12N4. The molecule has 4 heteroatoms. The number of hydrogen-bond acceptors (Lipinski definition) is 4. The predicted octanol–water partition coefficient (Wildman–Crippen LogP) is 2.47. The van der Waals surface area contributed by atoms with Gasteiger partial charge in [-0.15, -0.1) is 0 Å². The van der Waals surface area contributed by atoms with Gasteiger partial charge in [0.25, 0.3) is 0 Å². The standard InChI is InChI=1S/C13H12N4/c14-7-5-10-1-3-12(4-2-10)17-13-9-11(15)6-8-16-13/h1-4,6,8-9H,5H2,(H3,15,16,17). The highest BCUT2D eigenvalue weighted by molar-refractivity contribution is 5.59. The monoisotopic (exact) mass is 224 g/mol. The number of hydrogen-bond donors (Lipinski definition) is 2. The van der Waals surface area contributed by atoms with Crippen molar-refractivity contribution in [3.8, 4) is 6.07 Å². The van der Waals surface area contributed by atoms with E-state index < -0.39 is 0 Å². The third-order valence-corrected chi connectivity index (χ3v) is 2.29. The van der Waals surface area contributed by atoms with Gasteiger partial charge in [-0.25, -0.2) is 4.98 Å². The maximum atomic E-state index is 8.57. The second kappa shape index (κ2) is 4.99. The maximum Gasteiger partial charge on any atom is 0.132 e. The summed E-state index contributed by atoms with van der Waals surface area (Å²) in [5.41, 5.74) is 8.25. The summed E-state index contributed by atoms with van der Waals surface area (Å²) in [6.07, 6.45) is 2.08. The SMILES string of the molecule is N#CCc1ccc(Nc2cc(N)ccn2)cc1. The van der Waals surface area contributed by atoms with E-state index in [0.717, 1.165) is 11.3 Å². The van der Waals surface area contributed by atoms with Crippen molar-refractivity contribution in [3.05, 3.63) is 48.2 Å². The molecule has 0 amide bonds. The largest absolute Gasteiger partial charge is 0.399 e. The van der Waals surface area contributed by atoms with Gasteiger partial charge in [0, 0.05) is 23.6 Å². The maximum absolute atomic E-state index is 8.57. The molecule has 0 aliphatic carbocycles. The number of benzene rings is 1. The fourth-order valence-electron chi connectivity index (χ4n) is 1.46. The molecule has 84 valence electrons. The number of nitrogens with zero attached hydrogens (tertiary/aromatic N) is 2. The van der Waals surface area contributed by atoms with Gasteiger partial charge in [0.1, 0.15) is 5.82 Å². The van der Waals surface area contributed by atoms with Crippen LogP contribution in [-0.4, -0.2) is 4.98 Å². The molecule has 0 aliphatic rings. The summed E-state index contributed by atoms with van der Waals surface area (Å²) in [5.74, 6) is 0.707. The fourth-order valence-corrected chi connectivity index (χ4v) is 1.46. The Labute approximate surface area is 99.7 Å². The van der Waals surface area contributed by atoms with Crippen LogP contribution in [0.4, 0.5) is 17.2 Å². The Morgan fingerprint density at radius 1 is 1.24 bits per heavy atom. The summed E-state index contributed by atoms with van der Waals surface area (Å²) in [6.45, 7) is 0. The minimum atomic E-state index is 0.427. The molecule has 0 bridgehead atoms. The van der Waals surface area contributed by atoms with Crippen molar-refractivity contribution >= 4 is 17.2 Å². The number of aromatic nitrogens is 1. The summed E-state index contributed by atoms with van der Waals surface area (Å²) < 4.78 is 0. The molecule has 3 N–H and O–H groups in total. The molecule has 1 aromatic heterocycles. The molecule has 17 heavy (non-hydrogen) atoms. The van der Waals surface area contributed by atoms with Crippen LogP contribution in [0.25, 0.3) is 0 Å². The number of nitriles is 1. The lowest BCUT2D eigenvalue weighted by molar-refractivity contribution is 1.26. The first kappa shape index (κ1) is 11.0. The van der Waals surface area contributed by atoms with E-state index >= 15 is 0 Å². The van der Waals surface area contributed by atoms with Crippen molar-refractivity contribution in [1.82, 2.24) is 4.98 Å². The van der Waals surface area contributed by atoms with Crippen molar-refractivity contribution < 1.29 is 0 Å². The number of rotatable bonds is 3. The topological polar surface area (TPSA) is 74.7 Å². The van der Waals surface area contributed by atoms with Gasteiger partial charge in [-0.1, -0.05) is 12.1 Å². The molecule has 0 radical (unpaired) electrons. The van der Waals surface area contributed by atoms with Crippen molar-refractivity contribution in [1.29, 1.82) is 5.26 Å². The Kier molecular flexibility index (Phi) is 3.22. The Morgan fingerprint density at radius 2 is 2.00 bits per heavy atom. The zero-order valence-electron chi connectivity index (χ0n) is 9.22. The molecule has 0 saturated heterocycles. The van der Waals surface area contributed by atoms with Gasteiger partial charge in [-0.3, -0.25) is 0 Å². The summed E-state index contributed by atoms with van der Waals surface area (Å²) in [5, 5.41) is 11.7. The predicted molar refractivity (Wildman–Crippen MR) is 67.7 cm³/mol. The van der Waals surface area contributed by atoms with E-state index in [2.05, 4.69) is 16.4 Å². The molecule has 0 atom stereocenters. The van der Waals surface area contributed by atoms with E-state index in [0.29, 0.717) is 17.9 Å². The van der Waals surface area contributed by atoms with Crippen LogP contribution < -0.4 is 11.1 Å². The minimum Gasteiger partial charge on any atom is -0.399 e. The average molecular weight is 224 g/mol. The quantitative estimate of drug-likeness (QED) is 0.839. The zero-order valence-corrected chi connectivity index (χ0v) is 9.22. The average Bonchev–Trinajstić information content (AvgIpc) is 2.32. The Hall–Kier alpha value is -2.54. The van der Waals surface area contributed by atoms with E-state index in [9.17, 15) is 0 Å². The molecule has 4 nitrogen and oxygen atoms in total. The number of nitrogens with one attached hydrogen (secondary N) is 1. The molecule has 0 unspecified atom stereocenters. The van der Waals surface area contributed by atoms with Gasteiger partial charge < -0.3 is 11.1 Å². The highest BCUT2D eigenvalue weighted by Crippen LogP contribution is 2.16. The Bertz CT molecular complexity index is 540. The van der Waals surface area contributed by atoms with Gasteiger partial charge >= 0.3 is 0 Å². The molecule has 0 fully saturated rings. The summed E-state index contributed by atoms with van der Waals surface area (Å²) in [6, 6.07) is 13.3. The molecule has 2 rings (SSSR count). The van der Waals surface area contributed by atoms with Crippen LogP contribution in [-0.2, 0) is 6.42 Å². The molecule has 0 spiro atoms. The zero-order chi connectivity index (χ0) is 12.1. The van der Waals surface area contributed by atoms with Crippen LogP contribution in [0.5, 0.6) is 0 Å². The van der Waals surface area contributed by atoms with Crippen LogP contribution >= 0.6 is 0 Å². The molecular weight excluding hydrogens is 212 g/mol. The number of anilines is 3. The number of pyridine rings is 1. The van der Waals surface area contributed by atoms with Crippen LogP contribution in [0, 0.1) is 11.3 Å². The van der Waals surface area contributed by atoms with Gasteiger partial charge in [0.05, 0.1) is 12.5 Å². The highest BCUT2D eigenvalue weighted by Gasteiger charge is 1.97. The van der Waals surface area contributed by atoms with E-state index in [4.69, 9.17) is 11.0 Å². The fraction of sp³-hybridized carbons (Fsp3) is 0.0769. The Morgan fingerprint density at radius 3 is 2.65 bits per heavy atom. The van der Waals surface area contributed by atoms with Crippen molar-refractivity contribution in [2.75, 3.05) is 11.1 Å². The molecule has 2 aromatic rings. The third kappa shape index (κ3) is 2.95. The molecule has 1 aromatic carbocycles. The molecule has 1 heterocycles. The normalized spacial score (nSPS) is 9.59. The van der Waals surface area contributed by atoms with Gasteiger partial charge in [-0.05, 0) is 23.8 Å². The van der Waals surface area contributed by atoms with Crippen molar-refractivity contribution in [3.63, 3.8) is 0 Å². The first-order valence-corrected chi connectivity index (χ1v) is 5.22. The van der Waals surface area contributed by atoms with E-state index in [-0.39, 0.29) is 0 Å². The molecule has 0 saturated carbocycles.